The smallest absolute Gasteiger partial charge is 0.338 e. The molecule has 0 aliphatic carbocycles. The molecular formula is C25H27N5O4. The minimum atomic E-state index is -0.480. The van der Waals surface area contributed by atoms with E-state index in [1.165, 1.54) is 0 Å². The standard InChI is InChI=1S/C25H27N5O4/c1-3-34-24(33)18-11-13-19(14-12-18)27-23(32)21-16(2)26-25-28-20(10-7-15-31)29-30(25)22(21)17-8-5-4-6-9-17/h4-6,8-9,11-14,22,31H,3,7,10,15H2,1-2H3,(H,27,32)(H,26,28,29). The van der Waals surface area contributed by atoms with Crippen LogP contribution in [0.4, 0.5) is 11.6 Å². The van der Waals surface area contributed by atoms with E-state index in [9.17, 15) is 9.59 Å². The van der Waals surface area contributed by atoms with Crippen LogP contribution in [0.3, 0.4) is 0 Å². The van der Waals surface area contributed by atoms with Crippen LogP contribution in [0.15, 0.2) is 65.9 Å². The van der Waals surface area contributed by atoms with Crippen LogP contribution in [0.25, 0.3) is 0 Å². The van der Waals surface area contributed by atoms with Crippen molar-refractivity contribution in [2.45, 2.75) is 32.7 Å². The fourth-order valence-corrected chi connectivity index (χ4v) is 3.88. The molecule has 1 amide bonds. The maximum absolute atomic E-state index is 13.5. The molecule has 4 rings (SSSR count). The van der Waals surface area contributed by atoms with E-state index >= 15 is 0 Å². The molecule has 1 aliphatic rings. The highest BCUT2D eigenvalue weighted by Gasteiger charge is 2.34. The fraction of sp³-hybridized carbons (Fsp3) is 0.280. The number of aliphatic hydroxyl groups excluding tert-OH is 1. The lowest BCUT2D eigenvalue weighted by Crippen LogP contribution is -2.31. The SMILES string of the molecule is CCOC(=O)c1ccc(NC(=O)C2=C(C)Nc3nc(CCCO)nn3C2c2ccccc2)cc1. The van der Waals surface area contributed by atoms with E-state index in [0.717, 1.165) is 5.56 Å². The molecule has 34 heavy (non-hydrogen) atoms. The van der Waals surface area contributed by atoms with E-state index in [2.05, 4.69) is 20.7 Å². The number of rotatable bonds is 8. The number of carbonyl (C=O) groups excluding carboxylic acids is 2. The summed E-state index contributed by atoms with van der Waals surface area (Å²) < 4.78 is 6.73. The number of aromatic nitrogens is 3. The highest BCUT2D eigenvalue weighted by molar-refractivity contribution is 6.06. The molecule has 1 unspecified atom stereocenters. The Morgan fingerprint density at radius 3 is 2.56 bits per heavy atom. The summed E-state index contributed by atoms with van der Waals surface area (Å²) >= 11 is 0. The maximum Gasteiger partial charge on any atom is 0.338 e. The molecule has 0 saturated heterocycles. The van der Waals surface area contributed by atoms with E-state index in [4.69, 9.17) is 9.84 Å². The van der Waals surface area contributed by atoms with Gasteiger partial charge in [-0.1, -0.05) is 30.3 Å². The molecule has 9 heteroatoms. The fourth-order valence-electron chi connectivity index (χ4n) is 3.88. The van der Waals surface area contributed by atoms with Crippen LogP contribution in [0.1, 0.15) is 48.1 Å². The summed E-state index contributed by atoms with van der Waals surface area (Å²) in [7, 11) is 0. The third-order valence-corrected chi connectivity index (χ3v) is 5.47. The first-order chi connectivity index (χ1) is 16.5. The van der Waals surface area contributed by atoms with Crippen LogP contribution in [-0.4, -0.2) is 45.0 Å². The van der Waals surface area contributed by atoms with Gasteiger partial charge in [0.05, 0.1) is 17.7 Å². The average molecular weight is 462 g/mol. The number of carbonyl (C=O) groups is 2. The number of nitrogens with one attached hydrogen (secondary N) is 2. The largest absolute Gasteiger partial charge is 0.462 e. The number of aliphatic hydroxyl groups is 1. The lowest BCUT2D eigenvalue weighted by Gasteiger charge is -2.28. The van der Waals surface area contributed by atoms with Gasteiger partial charge in [-0.3, -0.25) is 4.79 Å². The van der Waals surface area contributed by atoms with Gasteiger partial charge in [0.1, 0.15) is 6.04 Å². The van der Waals surface area contributed by atoms with Gasteiger partial charge in [-0.15, -0.1) is 0 Å². The van der Waals surface area contributed by atoms with Gasteiger partial charge in [0.15, 0.2) is 5.82 Å². The van der Waals surface area contributed by atoms with Crippen molar-refractivity contribution in [3.8, 4) is 0 Å². The van der Waals surface area contributed by atoms with Crippen molar-refractivity contribution in [2.24, 2.45) is 0 Å². The molecule has 9 nitrogen and oxygen atoms in total. The van der Waals surface area contributed by atoms with E-state index in [1.807, 2.05) is 37.3 Å². The Balaban J connectivity index is 1.64. The van der Waals surface area contributed by atoms with Crippen molar-refractivity contribution >= 4 is 23.5 Å². The first-order valence-corrected chi connectivity index (χ1v) is 11.2. The lowest BCUT2D eigenvalue weighted by molar-refractivity contribution is -0.113. The van der Waals surface area contributed by atoms with Gasteiger partial charge in [-0.25, -0.2) is 9.48 Å². The number of nitrogens with zero attached hydrogens (tertiary/aromatic N) is 3. The molecule has 0 bridgehead atoms. The van der Waals surface area contributed by atoms with E-state index in [-0.39, 0.29) is 12.5 Å². The quantitative estimate of drug-likeness (QED) is 0.441. The van der Waals surface area contributed by atoms with E-state index in [1.54, 1.807) is 35.9 Å². The summed E-state index contributed by atoms with van der Waals surface area (Å²) in [6.07, 6.45) is 1.09. The number of hydrogen-bond acceptors (Lipinski definition) is 7. The minimum Gasteiger partial charge on any atom is -0.462 e. The summed E-state index contributed by atoms with van der Waals surface area (Å²) in [5, 5.41) is 19.9. The number of aryl methyl sites for hydroxylation is 1. The third kappa shape index (κ3) is 4.84. The molecule has 0 saturated carbocycles. The topological polar surface area (TPSA) is 118 Å². The number of fused-ring (bicyclic) bond motifs is 1. The molecule has 3 N–H and O–H groups in total. The molecule has 176 valence electrons. The average Bonchev–Trinajstić information content (AvgIpc) is 3.25. The zero-order valence-electron chi connectivity index (χ0n) is 19.1. The van der Waals surface area contributed by atoms with Gasteiger partial charge in [-0.05, 0) is 50.1 Å². The molecule has 0 radical (unpaired) electrons. The van der Waals surface area contributed by atoms with Crippen LogP contribution in [0.2, 0.25) is 0 Å². The number of hydrogen-bond donors (Lipinski definition) is 3. The zero-order valence-corrected chi connectivity index (χ0v) is 19.1. The number of esters is 1. The Morgan fingerprint density at radius 2 is 1.88 bits per heavy atom. The number of ether oxygens (including phenoxy) is 1. The van der Waals surface area contributed by atoms with Crippen molar-refractivity contribution < 1.29 is 19.4 Å². The van der Waals surface area contributed by atoms with E-state index < -0.39 is 12.0 Å². The maximum atomic E-state index is 13.5. The summed E-state index contributed by atoms with van der Waals surface area (Å²) in [5.74, 6) is 0.451. The minimum absolute atomic E-state index is 0.0549. The van der Waals surface area contributed by atoms with Crippen molar-refractivity contribution in [1.29, 1.82) is 0 Å². The number of allylic oxidation sites excluding steroid dienone is 1. The van der Waals surface area contributed by atoms with Gasteiger partial charge in [0, 0.05) is 24.4 Å². The zero-order chi connectivity index (χ0) is 24.1. The number of anilines is 2. The summed E-state index contributed by atoms with van der Waals surface area (Å²) in [4.78, 5) is 29.9. The molecule has 0 fully saturated rings. The first-order valence-electron chi connectivity index (χ1n) is 11.2. The van der Waals surface area contributed by atoms with Gasteiger partial charge in [-0.2, -0.15) is 10.1 Å². The van der Waals surface area contributed by atoms with Crippen LogP contribution in [-0.2, 0) is 16.0 Å². The van der Waals surface area contributed by atoms with Crippen molar-refractivity contribution in [2.75, 3.05) is 23.8 Å². The Morgan fingerprint density at radius 1 is 1.15 bits per heavy atom. The molecule has 0 spiro atoms. The van der Waals surface area contributed by atoms with Gasteiger partial charge in [0.2, 0.25) is 5.95 Å². The first kappa shape index (κ1) is 23.2. The second-order valence-corrected chi connectivity index (χ2v) is 7.85. The second kappa shape index (κ2) is 10.3. The molecule has 2 aromatic carbocycles. The molecule has 1 aliphatic heterocycles. The Labute approximate surface area is 197 Å². The van der Waals surface area contributed by atoms with E-state index in [0.29, 0.717) is 53.7 Å². The van der Waals surface area contributed by atoms with Crippen LogP contribution in [0.5, 0.6) is 0 Å². The molecule has 2 heterocycles. The summed E-state index contributed by atoms with van der Waals surface area (Å²) in [5.41, 5.74) is 3.04. The lowest BCUT2D eigenvalue weighted by atomic mass is 9.95. The van der Waals surface area contributed by atoms with Crippen LogP contribution < -0.4 is 10.6 Å². The van der Waals surface area contributed by atoms with Crippen molar-refractivity contribution in [1.82, 2.24) is 14.8 Å². The van der Waals surface area contributed by atoms with Gasteiger partial charge >= 0.3 is 5.97 Å². The monoisotopic (exact) mass is 461 g/mol. The Hall–Kier alpha value is -3.98. The Bertz CT molecular complexity index is 1200. The normalized spacial score (nSPS) is 14.9. The Kier molecular flexibility index (Phi) is 7.03. The van der Waals surface area contributed by atoms with Gasteiger partial charge in [0.25, 0.3) is 5.91 Å². The van der Waals surface area contributed by atoms with Crippen molar-refractivity contribution in [3.05, 3.63) is 82.8 Å². The molecule has 3 aromatic rings. The molecule has 1 atom stereocenters. The van der Waals surface area contributed by atoms with Crippen LogP contribution >= 0.6 is 0 Å². The second-order valence-electron chi connectivity index (χ2n) is 7.85. The summed E-state index contributed by atoms with van der Waals surface area (Å²) in [6, 6.07) is 15.7. The van der Waals surface area contributed by atoms with Crippen LogP contribution in [0, 0.1) is 0 Å². The number of benzene rings is 2. The molecule has 1 aromatic heterocycles. The number of amides is 1. The predicted molar refractivity (Wildman–Crippen MR) is 127 cm³/mol. The third-order valence-electron chi connectivity index (χ3n) is 5.47. The van der Waals surface area contributed by atoms with Gasteiger partial charge < -0.3 is 20.5 Å². The highest BCUT2D eigenvalue weighted by atomic mass is 16.5. The van der Waals surface area contributed by atoms with Crippen molar-refractivity contribution in [3.63, 3.8) is 0 Å². The molecular weight excluding hydrogens is 434 g/mol. The predicted octanol–water partition coefficient (Wildman–Crippen LogP) is 3.31. The highest BCUT2D eigenvalue weighted by Crippen LogP contribution is 2.35. The summed E-state index contributed by atoms with van der Waals surface area (Å²) in [6.45, 7) is 3.93.